The van der Waals surface area contributed by atoms with Crippen LogP contribution in [0.25, 0.3) is 11.3 Å². The molecule has 7 nitrogen and oxygen atoms in total. The Morgan fingerprint density at radius 3 is 2.85 bits per heavy atom. The third-order valence-electron chi connectivity index (χ3n) is 5.73. The third kappa shape index (κ3) is 2.31. The summed E-state index contributed by atoms with van der Waals surface area (Å²) in [5.74, 6) is 1.47. The predicted octanol–water partition coefficient (Wildman–Crippen LogP) is 2.26. The first-order chi connectivity index (χ1) is 13.0. The molecule has 1 fully saturated rings. The van der Waals surface area contributed by atoms with Crippen LogP contribution >= 0.6 is 0 Å². The van der Waals surface area contributed by atoms with Crippen LogP contribution in [0.2, 0.25) is 0 Å². The molecule has 2 atom stereocenters. The van der Waals surface area contributed by atoms with Crippen LogP contribution in [0.5, 0.6) is 5.75 Å². The lowest BCUT2D eigenvalue weighted by atomic mass is 9.74. The van der Waals surface area contributed by atoms with E-state index in [9.17, 15) is 4.79 Å². The van der Waals surface area contributed by atoms with Crippen LogP contribution in [0.1, 0.15) is 24.8 Å². The third-order valence-corrected chi connectivity index (χ3v) is 5.73. The molecule has 2 N–H and O–H groups in total. The molecule has 3 aliphatic heterocycles. The molecule has 0 radical (unpaired) electrons. The standard InChI is InChI=1S/C20H21N3O4/c1-23-17(24)20(22-18(23)21)11-19(7-3-8-25-12-19)27-16-6-5-13(10-14(16)20)15-4-2-9-26-15/h2,4-6,9-10H,3,7-8,11-12H2,1H3,(H2,21,22)/t19-,20+/m1/s1. The summed E-state index contributed by atoms with van der Waals surface area (Å²) in [6.45, 7) is 1.15. The Balaban J connectivity index is 1.70. The highest BCUT2D eigenvalue weighted by Gasteiger charge is 2.58. The van der Waals surface area contributed by atoms with Crippen molar-refractivity contribution in [3.05, 3.63) is 42.2 Å². The lowest BCUT2D eigenvalue weighted by Gasteiger charge is -2.46. The molecule has 7 heteroatoms. The zero-order valence-corrected chi connectivity index (χ0v) is 15.1. The summed E-state index contributed by atoms with van der Waals surface area (Å²) in [6, 6.07) is 9.47. The minimum atomic E-state index is -1.09. The van der Waals surface area contributed by atoms with Crippen LogP contribution in [-0.2, 0) is 15.1 Å². The van der Waals surface area contributed by atoms with Crippen molar-refractivity contribution in [2.24, 2.45) is 10.7 Å². The molecule has 1 amide bonds. The van der Waals surface area contributed by atoms with Gasteiger partial charge in [-0.3, -0.25) is 9.69 Å². The highest BCUT2D eigenvalue weighted by molar-refractivity contribution is 6.07. The molecule has 27 heavy (non-hydrogen) atoms. The summed E-state index contributed by atoms with van der Waals surface area (Å²) in [5.41, 5.74) is 5.99. The van der Waals surface area contributed by atoms with E-state index in [2.05, 4.69) is 4.99 Å². The fourth-order valence-corrected chi connectivity index (χ4v) is 4.41. The molecule has 2 spiro atoms. The van der Waals surface area contributed by atoms with Crippen LogP contribution in [-0.4, -0.2) is 42.6 Å². The minimum Gasteiger partial charge on any atom is -0.484 e. The Morgan fingerprint density at radius 2 is 2.19 bits per heavy atom. The molecule has 2 aromatic rings. The van der Waals surface area contributed by atoms with Crippen molar-refractivity contribution in [1.29, 1.82) is 0 Å². The molecule has 5 rings (SSSR count). The smallest absolute Gasteiger partial charge is 0.261 e. The minimum absolute atomic E-state index is 0.133. The molecule has 0 bridgehead atoms. The maximum absolute atomic E-state index is 13.3. The van der Waals surface area contributed by atoms with E-state index >= 15 is 0 Å². The number of aliphatic imine (C=N–C) groups is 1. The first kappa shape index (κ1) is 16.4. The fourth-order valence-electron chi connectivity index (χ4n) is 4.41. The van der Waals surface area contributed by atoms with Gasteiger partial charge in [0, 0.05) is 31.2 Å². The van der Waals surface area contributed by atoms with Crippen molar-refractivity contribution in [3.63, 3.8) is 0 Å². The summed E-state index contributed by atoms with van der Waals surface area (Å²) >= 11 is 0. The van der Waals surface area contributed by atoms with Crippen molar-refractivity contribution in [2.75, 3.05) is 20.3 Å². The summed E-state index contributed by atoms with van der Waals surface area (Å²) in [6.07, 6.45) is 3.75. The van der Waals surface area contributed by atoms with Gasteiger partial charge in [-0.15, -0.1) is 0 Å². The second-order valence-corrected chi connectivity index (χ2v) is 7.50. The zero-order valence-electron chi connectivity index (χ0n) is 15.1. The first-order valence-electron chi connectivity index (χ1n) is 9.12. The lowest BCUT2D eigenvalue weighted by molar-refractivity contribution is -0.139. The van der Waals surface area contributed by atoms with Crippen molar-refractivity contribution >= 4 is 11.9 Å². The van der Waals surface area contributed by atoms with Gasteiger partial charge in [0.05, 0.1) is 12.9 Å². The van der Waals surface area contributed by atoms with E-state index in [1.807, 2.05) is 30.3 Å². The number of amides is 1. The second-order valence-electron chi connectivity index (χ2n) is 7.50. The van der Waals surface area contributed by atoms with E-state index in [1.165, 1.54) is 4.90 Å². The van der Waals surface area contributed by atoms with Crippen molar-refractivity contribution in [2.45, 2.75) is 30.4 Å². The maximum Gasteiger partial charge on any atom is 0.261 e. The molecule has 1 aromatic carbocycles. The number of fused-ring (bicyclic) bond motifs is 2. The summed E-state index contributed by atoms with van der Waals surface area (Å²) in [4.78, 5) is 19.4. The average molecular weight is 367 g/mol. The van der Waals surface area contributed by atoms with Gasteiger partial charge in [-0.25, -0.2) is 4.99 Å². The summed E-state index contributed by atoms with van der Waals surface area (Å²) in [7, 11) is 1.66. The number of hydrogen-bond acceptors (Lipinski definition) is 6. The Morgan fingerprint density at radius 1 is 1.30 bits per heavy atom. The molecule has 140 valence electrons. The van der Waals surface area contributed by atoms with Gasteiger partial charge in [0.2, 0.25) is 0 Å². The molecule has 0 saturated carbocycles. The molecule has 0 aliphatic carbocycles. The fraction of sp³-hybridized carbons (Fsp3) is 0.400. The second kappa shape index (κ2) is 5.60. The van der Waals surface area contributed by atoms with Gasteiger partial charge in [-0.1, -0.05) is 0 Å². The van der Waals surface area contributed by atoms with Crippen molar-refractivity contribution in [3.8, 4) is 17.1 Å². The monoisotopic (exact) mass is 367 g/mol. The number of nitrogens with two attached hydrogens (primary N) is 1. The highest BCUT2D eigenvalue weighted by Crippen LogP contribution is 2.51. The van der Waals surface area contributed by atoms with Gasteiger partial charge in [-0.05, 0) is 43.2 Å². The van der Waals surface area contributed by atoms with Gasteiger partial charge in [0.25, 0.3) is 5.91 Å². The molecule has 3 aliphatic rings. The first-order valence-corrected chi connectivity index (χ1v) is 9.12. The number of hydrogen-bond donors (Lipinski definition) is 1. The van der Waals surface area contributed by atoms with Gasteiger partial charge in [-0.2, -0.15) is 0 Å². The number of nitrogens with zero attached hydrogens (tertiary/aromatic N) is 2. The van der Waals surface area contributed by atoms with Crippen LogP contribution in [0, 0.1) is 0 Å². The Bertz CT molecular complexity index is 931. The van der Waals surface area contributed by atoms with Gasteiger partial charge in [0.1, 0.15) is 17.1 Å². The van der Waals surface area contributed by atoms with Gasteiger partial charge >= 0.3 is 0 Å². The van der Waals surface area contributed by atoms with Crippen LogP contribution < -0.4 is 10.5 Å². The number of benzene rings is 1. The van der Waals surface area contributed by atoms with E-state index in [0.717, 1.165) is 29.7 Å². The predicted molar refractivity (Wildman–Crippen MR) is 98.2 cm³/mol. The van der Waals surface area contributed by atoms with E-state index < -0.39 is 11.1 Å². The van der Waals surface area contributed by atoms with Crippen LogP contribution in [0.15, 0.2) is 46.0 Å². The molecular weight excluding hydrogens is 346 g/mol. The largest absolute Gasteiger partial charge is 0.484 e. The van der Waals surface area contributed by atoms with Crippen molar-refractivity contribution < 1.29 is 18.7 Å². The molecule has 1 aromatic heterocycles. The molecular formula is C20H21N3O4. The Kier molecular flexibility index (Phi) is 3.40. The summed E-state index contributed by atoms with van der Waals surface area (Å²) < 4.78 is 17.6. The molecule has 1 saturated heterocycles. The van der Waals surface area contributed by atoms with E-state index in [0.29, 0.717) is 25.4 Å². The van der Waals surface area contributed by atoms with Gasteiger partial charge < -0.3 is 19.6 Å². The summed E-state index contributed by atoms with van der Waals surface area (Å²) in [5, 5.41) is 0. The number of rotatable bonds is 1. The Labute approximate surface area is 156 Å². The van der Waals surface area contributed by atoms with Crippen molar-refractivity contribution in [1.82, 2.24) is 4.90 Å². The highest BCUT2D eigenvalue weighted by atomic mass is 16.5. The normalized spacial score (nSPS) is 29.7. The number of guanidine groups is 1. The number of likely N-dealkylation sites (N-methyl/N-ethyl adjacent to an activating group) is 1. The molecule has 4 heterocycles. The zero-order chi connectivity index (χ0) is 18.6. The number of carbonyl (C=O) groups is 1. The SMILES string of the molecule is CN1C(=O)[C@@]2(C[C@@]3(CCCOC3)Oc3ccc(-c4ccco4)cc32)N=C1N. The number of furan rings is 1. The van der Waals surface area contributed by atoms with E-state index in [4.69, 9.17) is 19.6 Å². The quantitative estimate of drug-likeness (QED) is 0.835. The number of carbonyl (C=O) groups excluding carboxylic acids is 1. The lowest BCUT2D eigenvalue weighted by Crippen LogP contribution is -2.55. The van der Waals surface area contributed by atoms with Gasteiger partial charge in [0.15, 0.2) is 11.5 Å². The van der Waals surface area contributed by atoms with E-state index in [-0.39, 0.29) is 11.9 Å². The maximum atomic E-state index is 13.3. The average Bonchev–Trinajstić information content (AvgIpc) is 3.27. The van der Waals surface area contributed by atoms with Crippen LogP contribution in [0.4, 0.5) is 0 Å². The molecule has 0 unspecified atom stereocenters. The van der Waals surface area contributed by atoms with E-state index in [1.54, 1.807) is 13.3 Å². The van der Waals surface area contributed by atoms with Crippen LogP contribution in [0.3, 0.4) is 0 Å². The Hall–Kier alpha value is -2.80. The number of ether oxygens (including phenoxy) is 2. The topological polar surface area (TPSA) is 90.3 Å².